The second kappa shape index (κ2) is 7.15. The first-order chi connectivity index (χ1) is 8.62. The fraction of sp³-hybridized carbons (Fsp3) is 0.533. The summed E-state index contributed by atoms with van der Waals surface area (Å²) in [5.74, 6) is 0. The minimum Gasteiger partial charge on any atom is -0.387 e. The first-order valence-electron chi connectivity index (χ1n) is 6.54. The number of aliphatic hydroxyl groups excluding tert-OH is 1. The largest absolute Gasteiger partial charge is 0.387 e. The second-order valence-electron chi connectivity index (χ2n) is 4.59. The zero-order valence-corrected chi connectivity index (χ0v) is 11.4. The number of nitriles is 1. The van der Waals surface area contributed by atoms with E-state index in [9.17, 15) is 5.11 Å². The van der Waals surface area contributed by atoms with Gasteiger partial charge in [0.1, 0.15) is 0 Å². The molecule has 0 aromatic heterocycles. The topological polar surface area (TPSA) is 47.3 Å². The number of hydrogen-bond donors (Lipinski definition) is 1. The summed E-state index contributed by atoms with van der Waals surface area (Å²) in [6, 6.07) is 9.71. The van der Waals surface area contributed by atoms with Crippen LogP contribution in [0.25, 0.3) is 0 Å². The van der Waals surface area contributed by atoms with Gasteiger partial charge in [-0.25, -0.2) is 0 Å². The molecule has 18 heavy (non-hydrogen) atoms. The lowest BCUT2D eigenvalue weighted by atomic mass is 10.1. The highest BCUT2D eigenvalue weighted by Gasteiger charge is 2.16. The highest BCUT2D eigenvalue weighted by molar-refractivity contribution is 5.32. The molecule has 3 nitrogen and oxygen atoms in total. The molecule has 1 aromatic carbocycles. The summed E-state index contributed by atoms with van der Waals surface area (Å²) >= 11 is 0. The summed E-state index contributed by atoms with van der Waals surface area (Å²) in [5, 5.41) is 18.9. The highest BCUT2D eigenvalue weighted by atomic mass is 16.3. The molecule has 2 atom stereocenters. The molecule has 0 spiro atoms. The first kappa shape index (κ1) is 14.7. The Kier molecular flexibility index (Phi) is 5.84. The predicted molar refractivity (Wildman–Crippen MR) is 73.1 cm³/mol. The van der Waals surface area contributed by atoms with Crippen LogP contribution in [0.5, 0.6) is 0 Å². The molecule has 0 saturated heterocycles. The fourth-order valence-electron chi connectivity index (χ4n) is 1.99. The van der Waals surface area contributed by atoms with Crippen LogP contribution in [0.3, 0.4) is 0 Å². The van der Waals surface area contributed by atoms with E-state index in [2.05, 4.69) is 31.7 Å². The number of likely N-dealkylation sites (N-methyl/N-ethyl adjacent to an activating group) is 1. The average Bonchev–Trinajstić information content (AvgIpc) is 2.43. The summed E-state index contributed by atoms with van der Waals surface area (Å²) in [6.45, 7) is 8.01. The van der Waals surface area contributed by atoms with Gasteiger partial charge >= 0.3 is 0 Å². The van der Waals surface area contributed by atoms with E-state index >= 15 is 0 Å². The van der Waals surface area contributed by atoms with Crippen LogP contribution in [0.1, 0.15) is 44.4 Å². The van der Waals surface area contributed by atoms with Crippen molar-refractivity contribution in [3.63, 3.8) is 0 Å². The quantitative estimate of drug-likeness (QED) is 0.839. The van der Waals surface area contributed by atoms with Crippen molar-refractivity contribution >= 4 is 0 Å². The third-order valence-electron chi connectivity index (χ3n) is 3.45. The van der Waals surface area contributed by atoms with Crippen LogP contribution in [-0.2, 0) is 0 Å². The first-order valence-corrected chi connectivity index (χ1v) is 6.54. The number of rotatable bonds is 6. The highest BCUT2D eigenvalue weighted by Crippen LogP contribution is 2.17. The molecule has 0 radical (unpaired) electrons. The normalized spacial score (nSPS) is 14.2. The van der Waals surface area contributed by atoms with Crippen LogP contribution in [0.2, 0.25) is 0 Å². The van der Waals surface area contributed by atoms with E-state index in [1.54, 1.807) is 12.1 Å². The van der Waals surface area contributed by atoms with Crippen LogP contribution in [0.15, 0.2) is 24.3 Å². The van der Waals surface area contributed by atoms with E-state index in [0.29, 0.717) is 18.2 Å². The van der Waals surface area contributed by atoms with Gasteiger partial charge in [-0.2, -0.15) is 5.26 Å². The Morgan fingerprint density at radius 2 is 1.89 bits per heavy atom. The minimum atomic E-state index is -0.494. The van der Waals surface area contributed by atoms with Crippen molar-refractivity contribution in [3.8, 4) is 6.07 Å². The van der Waals surface area contributed by atoms with Crippen LogP contribution in [-0.4, -0.2) is 29.1 Å². The fourth-order valence-corrected chi connectivity index (χ4v) is 1.99. The van der Waals surface area contributed by atoms with E-state index in [1.807, 2.05) is 12.1 Å². The molecule has 1 aromatic rings. The molecule has 0 aliphatic rings. The Hall–Kier alpha value is -1.37. The second-order valence-corrected chi connectivity index (χ2v) is 4.59. The monoisotopic (exact) mass is 246 g/mol. The molecule has 0 aliphatic carbocycles. The van der Waals surface area contributed by atoms with Gasteiger partial charge in [0.25, 0.3) is 0 Å². The molecular weight excluding hydrogens is 224 g/mol. The van der Waals surface area contributed by atoms with E-state index < -0.39 is 6.10 Å². The maximum absolute atomic E-state index is 10.2. The lowest BCUT2D eigenvalue weighted by Crippen LogP contribution is -2.35. The summed E-state index contributed by atoms with van der Waals surface area (Å²) in [5.41, 5.74) is 1.50. The van der Waals surface area contributed by atoms with Crippen molar-refractivity contribution in [2.45, 2.75) is 39.3 Å². The molecule has 0 aliphatic heterocycles. The molecule has 2 unspecified atom stereocenters. The van der Waals surface area contributed by atoms with Gasteiger partial charge in [0.2, 0.25) is 0 Å². The van der Waals surface area contributed by atoms with Crippen LogP contribution >= 0.6 is 0 Å². The van der Waals surface area contributed by atoms with Gasteiger partial charge in [-0.05, 0) is 37.6 Å². The molecule has 98 valence electrons. The van der Waals surface area contributed by atoms with Crippen molar-refractivity contribution in [3.05, 3.63) is 35.4 Å². The number of nitrogens with zero attached hydrogens (tertiary/aromatic N) is 2. The van der Waals surface area contributed by atoms with E-state index in [-0.39, 0.29) is 0 Å². The minimum absolute atomic E-state index is 0.475. The molecule has 0 saturated carbocycles. The molecule has 0 heterocycles. The summed E-state index contributed by atoms with van der Waals surface area (Å²) in [4.78, 5) is 2.27. The van der Waals surface area contributed by atoms with Gasteiger partial charge < -0.3 is 5.11 Å². The number of aliphatic hydroxyl groups is 1. The van der Waals surface area contributed by atoms with Crippen molar-refractivity contribution in [2.75, 3.05) is 13.1 Å². The molecule has 1 rings (SSSR count). The van der Waals surface area contributed by atoms with Crippen molar-refractivity contribution in [1.82, 2.24) is 4.90 Å². The van der Waals surface area contributed by atoms with Crippen LogP contribution in [0.4, 0.5) is 0 Å². The molecule has 0 bridgehead atoms. The Morgan fingerprint density at radius 1 is 1.28 bits per heavy atom. The zero-order chi connectivity index (χ0) is 13.5. The lowest BCUT2D eigenvalue weighted by molar-refractivity contribution is 0.0935. The van der Waals surface area contributed by atoms with Crippen molar-refractivity contribution in [1.29, 1.82) is 5.26 Å². The molecular formula is C15H22N2O. The predicted octanol–water partition coefficient (Wildman–Crippen LogP) is 2.71. The lowest BCUT2D eigenvalue weighted by Gasteiger charge is -2.29. The van der Waals surface area contributed by atoms with Gasteiger partial charge in [-0.3, -0.25) is 4.90 Å². The molecule has 0 fully saturated rings. The third kappa shape index (κ3) is 3.83. The van der Waals surface area contributed by atoms with Gasteiger partial charge in [0.15, 0.2) is 0 Å². The Bertz CT molecular complexity index is 394. The number of benzene rings is 1. The van der Waals surface area contributed by atoms with Crippen molar-refractivity contribution < 1.29 is 5.11 Å². The van der Waals surface area contributed by atoms with Gasteiger partial charge in [-0.15, -0.1) is 0 Å². The van der Waals surface area contributed by atoms with Gasteiger partial charge in [-0.1, -0.05) is 26.0 Å². The summed E-state index contributed by atoms with van der Waals surface area (Å²) < 4.78 is 0. The average molecular weight is 246 g/mol. The van der Waals surface area contributed by atoms with E-state index in [1.165, 1.54) is 0 Å². The third-order valence-corrected chi connectivity index (χ3v) is 3.45. The Balaban J connectivity index is 2.68. The van der Waals surface area contributed by atoms with E-state index in [0.717, 1.165) is 18.5 Å². The van der Waals surface area contributed by atoms with E-state index in [4.69, 9.17) is 5.26 Å². The maximum Gasteiger partial charge on any atom is 0.0991 e. The Morgan fingerprint density at radius 3 is 2.33 bits per heavy atom. The smallest absolute Gasteiger partial charge is 0.0991 e. The number of hydrogen-bond acceptors (Lipinski definition) is 3. The van der Waals surface area contributed by atoms with Crippen LogP contribution in [0, 0.1) is 11.3 Å². The standard InChI is InChI=1S/C15H22N2O/c1-4-12(3)17(5-2)11-15(18)14-8-6-13(10-16)7-9-14/h6-9,12,15,18H,4-5,11H2,1-3H3. The SMILES string of the molecule is CCC(C)N(CC)CC(O)c1ccc(C#N)cc1. The van der Waals surface area contributed by atoms with Gasteiger partial charge in [0.05, 0.1) is 17.7 Å². The Labute approximate surface area is 110 Å². The maximum atomic E-state index is 10.2. The van der Waals surface area contributed by atoms with Crippen molar-refractivity contribution in [2.24, 2.45) is 0 Å². The summed E-state index contributed by atoms with van der Waals surface area (Å²) in [7, 11) is 0. The summed E-state index contributed by atoms with van der Waals surface area (Å²) in [6.07, 6.45) is 0.584. The van der Waals surface area contributed by atoms with Crippen LogP contribution < -0.4 is 0 Å². The van der Waals surface area contributed by atoms with Gasteiger partial charge in [0, 0.05) is 12.6 Å². The molecule has 0 amide bonds. The zero-order valence-electron chi connectivity index (χ0n) is 11.4. The molecule has 3 heteroatoms. The molecule has 1 N–H and O–H groups in total.